The summed E-state index contributed by atoms with van der Waals surface area (Å²) in [5.41, 5.74) is 0.227. The summed E-state index contributed by atoms with van der Waals surface area (Å²) < 4.78 is 16.1. The van der Waals surface area contributed by atoms with Crippen LogP contribution in [-0.2, 0) is 14.3 Å². The van der Waals surface area contributed by atoms with Crippen LogP contribution < -0.4 is 9.47 Å². The van der Waals surface area contributed by atoms with Crippen LogP contribution in [0.25, 0.3) is 5.76 Å². The molecule has 1 saturated heterocycles. The Morgan fingerprint density at radius 2 is 1.94 bits per heavy atom. The number of benzene rings is 2. The second kappa shape index (κ2) is 8.67. The highest BCUT2D eigenvalue weighted by Gasteiger charge is 2.46. The number of aliphatic hydroxyl groups excluding tert-OH is 1. The molecule has 166 valence electrons. The lowest BCUT2D eigenvalue weighted by Gasteiger charge is -2.25. The minimum atomic E-state index is -1.02. The van der Waals surface area contributed by atoms with Crippen LogP contribution in [0.15, 0.2) is 48.0 Å². The predicted octanol–water partition coefficient (Wildman–Crippen LogP) is 2.43. The number of carbonyl (C=O) groups is 2. The van der Waals surface area contributed by atoms with E-state index >= 15 is 0 Å². The number of aliphatic hydroxyl groups is 1. The molecular weight excluding hydrogens is 420 g/mol. The Labute approximate surface area is 182 Å². The fourth-order valence-corrected chi connectivity index (χ4v) is 3.80. The van der Waals surface area contributed by atoms with Crippen molar-refractivity contribution in [2.24, 2.45) is 0 Å². The standard InChI is InChI=1S/C22H20N2O8/c1-30-8-7-23-19(13-3-2-4-15(11-13)24(28)29)18(21(26)22(23)27)20(25)14-5-6-16-17(12-14)32-10-9-31-16/h2-6,11-12,19,25H,7-10H2,1H3/b20-18+. The fourth-order valence-electron chi connectivity index (χ4n) is 3.80. The molecule has 1 atom stereocenters. The molecule has 0 bridgehead atoms. The minimum absolute atomic E-state index is 0.0619. The molecule has 1 fully saturated rings. The molecule has 0 radical (unpaired) electrons. The topological polar surface area (TPSA) is 128 Å². The number of amides is 1. The Balaban J connectivity index is 1.85. The maximum absolute atomic E-state index is 12.9. The summed E-state index contributed by atoms with van der Waals surface area (Å²) in [5.74, 6) is -1.20. The van der Waals surface area contributed by atoms with E-state index < -0.39 is 28.4 Å². The molecular formula is C22H20N2O8. The Hall–Kier alpha value is -3.92. The third-order valence-electron chi connectivity index (χ3n) is 5.29. The quantitative estimate of drug-likeness (QED) is 0.238. The Kier molecular flexibility index (Phi) is 5.78. The van der Waals surface area contributed by atoms with Crippen LogP contribution >= 0.6 is 0 Å². The third-order valence-corrected chi connectivity index (χ3v) is 5.29. The number of carbonyl (C=O) groups excluding carboxylic acids is 2. The lowest BCUT2D eigenvalue weighted by molar-refractivity contribution is -0.384. The number of nitrogens with zero attached hydrogens (tertiary/aromatic N) is 2. The van der Waals surface area contributed by atoms with Crippen molar-refractivity contribution >= 4 is 23.1 Å². The lowest BCUT2D eigenvalue weighted by Crippen LogP contribution is -2.32. The van der Waals surface area contributed by atoms with Crippen molar-refractivity contribution in [3.05, 3.63) is 69.3 Å². The van der Waals surface area contributed by atoms with E-state index in [-0.39, 0.29) is 30.0 Å². The van der Waals surface area contributed by atoms with Gasteiger partial charge in [0.25, 0.3) is 17.4 Å². The monoisotopic (exact) mass is 440 g/mol. The number of hydrogen-bond donors (Lipinski definition) is 1. The van der Waals surface area contributed by atoms with Gasteiger partial charge in [-0.2, -0.15) is 0 Å². The first-order valence-corrected chi connectivity index (χ1v) is 9.84. The van der Waals surface area contributed by atoms with Gasteiger partial charge in [-0.05, 0) is 23.8 Å². The summed E-state index contributed by atoms with van der Waals surface area (Å²) in [4.78, 5) is 37.7. The van der Waals surface area contributed by atoms with Gasteiger partial charge in [-0.15, -0.1) is 0 Å². The summed E-state index contributed by atoms with van der Waals surface area (Å²) in [6.07, 6.45) is 0. The molecule has 0 saturated carbocycles. The highest BCUT2D eigenvalue weighted by Crippen LogP contribution is 2.41. The van der Waals surface area contributed by atoms with E-state index in [0.717, 1.165) is 0 Å². The van der Waals surface area contributed by atoms with Gasteiger partial charge in [0.15, 0.2) is 11.5 Å². The minimum Gasteiger partial charge on any atom is -0.507 e. The van der Waals surface area contributed by atoms with E-state index in [1.807, 2.05) is 0 Å². The zero-order valence-electron chi connectivity index (χ0n) is 17.1. The van der Waals surface area contributed by atoms with Gasteiger partial charge in [-0.1, -0.05) is 12.1 Å². The van der Waals surface area contributed by atoms with E-state index in [0.29, 0.717) is 30.3 Å². The van der Waals surface area contributed by atoms with Gasteiger partial charge in [0.1, 0.15) is 19.0 Å². The normalized spacial score (nSPS) is 19.3. The highest BCUT2D eigenvalue weighted by atomic mass is 16.6. The van der Waals surface area contributed by atoms with Crippen LogP contribution in [0.3, 0.4) is 0 Å². The van der Waals surface area contributed by atoms with Crippen LogP contribution in [0.1, 0.15) is 17.2 Å². The number of methoxy groups -OCH3 is 1. The number of nitro benzene ring substituents is 1. The van der Waals surface area contributed by atoms with Crippen molar-refractivity contribution in [2.75, 3.05) is 33.5 Å². The summed E-state index contributed by atoms with van der Waals surface area (Å²) >= 11 is 0. The molecule has 0 aromatic heterocycles. The maximum Gasteiger partial charge on any atom is 0.295 e. The van der Waals surface area contributed by atoms with Gasteiger partial charge in [0.05, 0.1) is 23.1 Å². The van der Waals surface area contributed by atoms with E-state index in [2.05, 4.69) is 0 Å². The summed E-state index contributed by atoms with van der Waals surface area (Å²) in [5, 5.41) is 22.4. The van der Waals surface area contributed by atoms with Crippen LogP contribution in [-0.4, -0.2) is 60.1 Å². The van der Waals surface area contributed by atoms with E-state index in [4.69, 9.17) is 14.2 Å². The number of rotatable bonds is 6. The van der Waals surface area contributed by atoms with Crippen molar-refractivity contribution in [3.63, 3.8) is 0 Å². The zero-order chi connectivity index (χ0) is 22.8. The smallest absolute Gasteiger partial charge is 0.295 e. The van der Waals surface area contributed by atoms with Crippen LogP contribution in [0, 0.1) is 10.1 Å². The van der Waals surface area contributed by atoms with Gasteiger partial charge in [-0.3, -0.25) is 19.7 Å². The number of ketones is 1. The maximum atomic E-state index is 12.9. The zero-order valence-corrected chi connectivity index (χ0v) is 17.1. The van der Waals surface area contributed by atoms with Gasteiger partial charge in [0, 0.05) is 31.4 Å². The molecule has 0 aliphatic carbocycles. The van der Waals surface area contributed by atoms with Gasteiger partial charge < -0.3 is 24.2 Å². The van der Waals surface area contributed by atoms with E-state index in [1.165, 1.54) is 36.3 Å². The molecule has 1 amide bonds. The molecule has 10 heteroatoms. The fraction of sp³-hybridized carbons (Fsp3) is 0.273. The molecule has 4 rings (SSSR count). The summed E-state index contributed by atoms with van der Waals surface area (Å²) in [6.45, 7) is 0.941. The predicted molar refractivity (Wildman–Crippen MR) is 111 cm³/mol. The Morgan fingerprint density at radius 3 is 2.66 bits per heavy atom. The van der Waals surface area contributed by atoms with Gasteiger partial charge >= 0.3 is 0 Å². The number of nitro groups is 1. The third kappa shape index (κ3) is 3.76. The number of likely N-dealkylation sites (tertiary alicyclic amines) is 1. The van der Waals surface area contributed by atoms with Crippen molar-refractivity contribution in [1.29, 1.82) is 0 Å². The lowest BCUT2D eigenvalue weighted by atomic mass is 9.95. The van der Waals surface area contributed by atoms with Crippen molar-refractivity contribution in [3.8, 4) is 11.5 Å². The van der Waals surface area contributed by atoms with E-state index in [1.54, 1.807) is 18.2 Å². The molecule has 2 aromatic rings. The number of fused-ring (bicyclic) bond motifs is 1. The second-order valence-corrected chi connectivity index (χ2v) is 7.20. The van der Waals surface area contributed by atoms with Crippen LogP contribution in [0.2, 0.25) is 0 Å². The molecule has 2 aliphatic rings. The number of non-ortho nitro benzene ring substituents is 1. The van der Waals surface area contributed by atoms with Crippen molar-refractivity contribution in [1.82, 2.24) is 4.90 Å². The average molecular weight is 440 g/mol. The molecule has 10 nitrogen and oxygen atoms in total. The number of hydrogen-bond acceptors (Lipinski definition) is 8. The Bertz CT molecular complexity index is 1130. The second-order valence-electron chi connectivity index (χ2n) is 7.20. The molecule has 2 aliphatic heterocycles. The number of ether oxygens (including phenoxy) is 3. The first-order chi connectivity index (χ1) is 15.4. The van der Waals surface area contributed by atoms with E-state index in [9.17, 15) is 24.8 Å². The summed E-state index contributed by atoms with van der Waals surface area (Å²) in [7, 11) is 1.45. The molecule has 0 spiro atoms. The Morgan fingerprint density at radius 1 is 1.19 bits per heavy atom. The van der Waals surface area contributed by atoms with Crippen LogP contribution in [0.4, 0.5) is 5.69 Å². The first-order valence-electron chi connectivity index (χ1n) is 9.84. The molecule has 2 heterocycles. The SMILES string of the molecule is COCCN1C(=O)C(=O)/C(=C(/O)c2ccc3c(c2)OCCO3)C1c1cccc([N+](=O)[O-])c1. The average Bonchev–Trinajstić information content (AvgIpc) is 3.06. The van der Waals surface area contributed by atoms with Crippen LogP contribution in [0.5, 0.6) is 11.5 Å². The van der Waals surface area contributed by atoms with Gasteiger partial charge in [-0.25, -0.2) is 0 Å². The summed E-state index contributed by atoms with van der Waals surface area (Å²) in [6, 6.07) is 9.30. The molecule has 1 unspecified atom stereocenters. The molecule has 2 aromatic carbocycles. The van der Waals surface area contributed by atoms with Crippen molar-refractivity contribution < 1.29 is 33.8 Å². The molecule has 32 heavy (non-hydrogen) atoms. The molecule has 1 N–H and O–H groups in total. The first kappa shape index (κ1) is 21.3. The van der Waals surface area contributed by atoms with Gasteiger partial charge in [0.2, 0.25) is 0 Å². The highest BCUT2D eigenvalue weighted by molar-refractivity contribution is 6.46. The number of Topliss-reactive ketones (excluding diaryl/α,β-unsaturated/α-hetero) is 1. The van der Waals surface area contributed by atoms with Crippen molar-refractivity contribution in [2.45, 2.75) is 6.04 Å². The largest absolute Gasteiger partial charge is 0.507 e.